The van der Waals surface area contributed by atoms with Gasteiger partial charge in [0.25, 0.3) is 5.56 Å². The second kappa shape index (κ2) is 5.30. The van der Waals surface area contributed by atoms with E-state index in [1.165, 1.54) is 10.4 Å². The van der Waals surface area contributed by atoms with E-state index in [2.05, 4.69) is 17.0 Å². The van der Waals surface area contributed by atoms with Crippen LogP contribution < -0.4 is 5.56 Å². The van der Waals surface area contributed by atoms with Gasteiger partial charge in [-0.15, -0.1) is 11.3 Å². The molecule has 0 radical (unpaired) electrons. The Hall–Kier alpha value is -1.95. The predicted molar refractivity (Wildman–Crippen MR) is 92.1 cm³/mol. The molecule has 0 N–H and O–H groups in total. The predicted octanol–water partition coefficient (Wildman–Crippen LogP) is 2.67. The molecule has 0 fully saturated rings. The molecule has 0 aromatic carbocycles. The summed E-state index contributed by atoms with van der Waals surface area (Å²) in [6.45, 7) is 4.83. The van der Waals surface area contributed by atoms with Gasteiger partial charge in [0, 0.05) is 23.2 Å². The van der Waals surface area contributed by atoms with Crippen LogP contribution in [0.5, 0.6) is 0 Å². The fourth-order valence-electron chi connectivity index (χ4n) is 3.36. The summed E-state index contributed by atoms with van der Waals surface area (Å²) in [7, 11) is 1.92. The van der Waals surface area contributed by atoms with Gasteiger partial charge in [-0.2, -0.15) is 5.10 Å². The summed E-state index contributed by atoms with van der Waals surface area (Å²) in [6, 6.07) is 0. The number of hydrogen-bond acceptors (Lipinski definition) is 4. The molecule has 0 spiro atoms. The number of hydrogen-bond donors (Lipinski definition) is 0. The van der Waals surface area contributed by atoms with E-state index in [1.807, 2.05) is 24.9 Å². The third kappa shape index (κ3) is 2.32. The smallest absolute Gasteiger partial charge is 0.262 e. The Morgan fingerprint density at radius 1 is 1.43 bits per heavy atom. The zero-order valence-corrected chi connectivity index (χ0v) is 14.5. The standard InChI is InChI=1S/C17H20N4OS/c1-10-4-5-13-14(6-10)23-16-15(13)17(22)21(9-18-16)8-12-7-19-20(3)11(12)2/h7,9-10H,4-6,8H2,1-3H3/t10-/m0/s1. The topological polar surface area (TPSA) is 52.7 Å². The minimum Gasteiger partial charge on any atom is -0.294 e. The molecule has 0 saturated heterocycles. The van der Waals surface area contributed by atoms with Crippen LogP contribution in [0.25, 0.3) is 10.2 Å². The van der Waals surface area contributed by atoms with Crippen LogP contribution in [-0.4, -0.2) is 19.3 Å². The molecule has 0 saturated carbocycles. The van der Waals surface area contributed by atoms with Crippen LogP contribution in [0.3, 0.4) is 0 Å². The fraction of sp³-hybridized carbons (Fsp3) is 0.471. The van der Waals surface area contributed by atoms with Gasteiger partial charge in [-0.3, -0.25) is 14.0 Å². The molecule has 0 bridgehead atoms. The van der Waals surface area contributed by atoms with E-state index >= 15 is 0 Å². The molecule has 6 heteroatoms. The summed E-state index contributed by atoms with van der Waals surface area (Å²) in [5.74, 6) is 0.704. The first-order valence-corrected chi connectivity index (χ1v) is 8.83. The summed E-state index contributed by atoms with van der Waals surface area (Å²) >= 11 is 1.70. The summed E-state index contributed by atoms with van der Waals surface area (Å²) in [6.07, 6.45) is 6.76. The maximum absolute atomic E-state index is 13.0. The van der Waals surface area contributed by atoms with Gasteiger partial charge < -0.3 is 0 Å². The Morgan fingerprint density at radius 3 is 3.00 bits per heavy atom. The second-order valence-corrected chi connectivity index (χ2v) is 7.67. The summed E-state index contributed by atoms with van der Waals surface area (Å²) < 4.78 is 3.55. The molecule has 0 aliphatic heterocycles. The molecule has 0 unspecified atom stereocenters. The van der Waals surface area contributed by atoms with Gasteiger partial charge in [-0.05, 0) is 37.7 Å². The van der Waals surface area contributed by atoms with Crippen molar-refractivity contribution in [2.45, 2.75) is 39.7 Å². The first kappa shape index (κ1) is 14.6. The van der Waals surface area contributed by atoms with E-state index in [1.54, 1.807) is 22.2 Å². The Labute approximate surface area is 138 Å². The lowest BCUT2D eigenvalue weighted by Gasteiger charge is -2.17. The van der Waals surface area contributed by atoms with Gasteiger partial charge in [0.05, 0.1) is 24.5 Å². The van der Waals surface area contributed by atoms with Crippen molar-refractivity contribution in [1.82, 2.24) is 19.3 Å². The lowest BCUT2D eigenvalue weighted by Crippen LogP contribution is -2.22. The molecule has 120 valence electrons. The maximum atomic E-state index is 13.0. The zero-order valence-electron chi connectivity index (χ0n) is 13.7. The Kier molecular flexibility index (Phi) is 3.37. The van der Waals surface area contributed by atoms with E-state index in [4.69, 9.17) is 0 Å². The first-order chi connectivity index (χ1) is 11.0. The summed E-state index contributed by atoms with van der Waals surface area (Å²) in [4.78, 5) is 19.8. The molecule has 1 atom stereocenters. The van der Waals surface area contributed by atoms with Crippen molar-refractivity contribution < 1.29 is 0 Å². The van der Waals surface area contributed by atoms with Crippen LogP contribution in [0.2, 0.25) is 0 Å². The van der Waals surface area contributed by atoms with Crippen LogP contribution >= 0.6 is 11.3 Å². The molecule has 3 aromatic rings. The molecule has 0 amide bonds. The third-order valence-electron chi connectivity index (χ3n) is 4.96. The Bertz CT molecular complexity index is 950. The highest BCUT2D eigenvalue weighted by Crippen LogP contribution is 2.35. The minimum atomic E-state index is 0.0882. The van der Waals surface area contributed by atoms with E-state index in [0.29, 0.717) is 12.5 Å². The molecule has 3 aromatic heterocycles. The quantitative estimate of drug-likeness (QED) is 0.727. The van der Waals surface area contributed by atoms with E-state index in [0.717, 1.165) is 40.7 Å². The second-order valence-electron chi connectivity index (χ2n) is 6.59. The lowest BCUT2D eigenvalue weighted by atomic mass is 9.89. The van der Waals surface area contributed by atoms with Crippen molar-refractivity contribution in [2.75, 3.05) is 0 Å². The molecule has 1 aliphatic rings. The number of rotatable bonds is 2. The van der Waals surface area contributed by atoms with Crippen molar-refractivity contribution in [3.05, 3.63) is 44.6 Å². The number of fused-ring (bicyclic) bond motifs is 3. The number of aryl methyl sites for hydroxylation is 2. The normalized spacial score (nSPS) is 17.6. The van der Waals surface area contributed by atoms with Crippen LogP contribution in [0.15, 0.2) is 17.3 Å². The van der Waals surface area contributed by atoms with Crippen LogP contribution in [0.1, 0.15) is 35.0 Å². The van der Waals surface area contributed by atoms with E-state index in [9.17, 15) is 4.79 Å². The van der Waals surface area contributed by atoms with Gasteiger partial charge in [0.15, 0.2) is 0 Å². The fourth-order valence-corrected chi connectivity index (χ4v) is 4.70. The average Bonchev–Trinajstić information content (AvgIpc) is 3.04. The molecule has 3 heterocycles. The van der Waals surface area contributed by atoms with Crippen LogP contribution in [-0.2, 0) is 26.4 Å². The maximum Gasteiger partial charge on any atom is 0.262 e. The summed E-state index contributed by atoms with van der Waals surface area (Å²) in [5, 5.41) is 5.10. The third-order valence-corrected chi connectivity index (χ3v) is 6.12. The van der Waals surface area contributed by atoms with Gasteiger partial charge in [0.1, 0.15) is 4.83 Å². The van der Waals surface area contributed by atoms with Crippen molar-refractivity contribution >= 4 is 21.6 Å². The number of nitrogens with zero attached hydrogens (tertiary/aromatic N) is 4. The van der Waals surface area contributed by atoms with Crippen molar-refractivity contribution in [3.8, 4) is 0 Å². The highest BCUT2D eigenvalue weighted by Gasteiger charge is 2.23. The van der Waals surface area contributed by atoms with Crippen molar-refractivity contribution in [1.29, 1.82) is 0 Å². The lowest BCUT2D eigenvalue weighted by molar-refractivity contribution is 0.509. The van der Waals surface area contributed by atoms with Crippen LogP contribution in [0.4, 0.5) is 0 Å². The van der Waals surface area contributed by atoms with Crippen LogP contribution in [0, 0.1) is 12.8 Å². The minimum absolute atomic E-state index is 0.0882. The summed E-state index contributed by atoms with van der Waals surface area (Å²) in [5.41, 5.74) is 3.48. The average molecular weight is 328 g/mol. The molecule has 23 heavy (non-hydrogen) atoms. The molecular weight excluding hydrogens is 308 g/mol. The molecule has 5 nitrogen and oxygen atoms in total. The largest absolute Gasteiger partial charge is 0.294 e. The monoisotopic (exact) mass is 328 g/mol. The van der Waals surface area contributed by atoms with Gasteiger partial charge in [-0.25, -0.2) is 4.98 Å². The molecule has 1 aliphatic carbocycles. The van der Waals surface area contributed by atoms with E-state index < -0.39 is 0 Å². The highest BCUT2D eigenvalue weighted by atomic mass is 32.1. The number of thiophene rings is 1. The van der Waals surface area contributed by atoms with Crippen molar-refractivity contribution in [2.24, 2.45) is 13.0 Å². The van der Waals surface area contributed by atoms with Crippen molar-refractivity contribution in [3.63, 3.8) is 0 Å². The molecular formula is C17H20N4OS. The van der Waals surface area contributed by atoms with E-state index in [-0.39, 0.29) is 5.56 Å². The Balaban J connectivity index is 1.82. The van der Waals surface area contributed by atoms with Gasteiger partial charge in [0.2, 0.25) is 0 Å². The Morgan fingerprint density at radius 2 is 2.26 bits per heavy atom. The first-order valence-electron chi connectivity index (χ1n) is 8.01. The zero-order chi connectivity index (χ0) is 16.1. The highest BCUT2D eigenvalue weighted by molar-refractivity contribution is 7.18. The SMILES string of the molecule is Cc1c(Cn2cnc3sc4c(c3c2=O)CC[C@H](C)C4)cnn1C. The molecule has 4 rings (SSSR count). The number of aromatic nitrogens is 4. The van der Waals surface area contributed by atoms with Gasteiger partial charge in [-0.1, -0.05) is 6.92 Å². The van der Waals surface area contributed by atoms with Gasteiger partial charge >= 0.3 is 0 Å².